The molecule has 0 aliphatic heterocycles. The van der Waals surface area contributed by atoms with Gasteiger partial charge in [-0.3, -0.25) is 15.3 Å². The number of benzene rings is 1. The van der Waals surface area contributed by atoms with E-state index in [9.17, 15) is 0 Å². The molecule has 3 aromatic rings. The Morgan fingerprint density at radius 2 is 1.50 bits per heavy atom. The molecule has 0 saturated heterocycles. The van der Waals surface area contributed by atoms with Crippen molar-refractivity contribution in [3.05, 3.63) is 96.1 Å². The quantitative estimate of drug-likeness (QED) is 0.773. The highest BCUT2D eigenvalue weighted by Gasteiger charge is 2.18. The molecule has 0 fully saturated rings. The second kappa shape index (κ2) is 6.96. The Bertz CT molecular complexity index is 644. The first-order valence-corrected chi connectivity index (χ1v) is 7.46. The summed E-state index contributed by atoms with van der Waals surface area (Å²) in [6.07, 6.45) is 5.49. The zero-order chi connectivity index (χ0) is 15.2. The van der Waals surface area contributed by atoms with Gasteiger partial charge in [-0.2, -0.15) is 0 Å². The standard InChI is InChI=1S/C19H19N3/c1-15(16-10-13-20-14-11-16)22-19(17-7-3-2-4-8-17)18-9-5-6-12-21-18/h2-15,19,22H,1H3. The molecule has 2 unspecified atom stereocenters. The van der Waals surface area contributed by atoms with Crippen LogP contribution in [0.15, 0.2) is 79.3 Å². The van der Waals surface area contributed by atoms with Gasteiger partial charge in [0.15, 0.2) is 0 Å². The fraction of sp³-hybridized carbons (Fsp3) is 0.158. The van der Waals surface area contributed by atoms with Gasteiger partial charge in [0.2, 0.25) is 0 Å². The van der Waals surface area contributed by atoms with Crippen molar-refractivity contribution >= 4 is 0 Å². The number of hydrogen-bond donors (Lipinski definition) is 1. The molecule has 2 atom stereocenters. The normalized spacial score (nSPS) is 13.5. The maximum atomic E-state index is 4.53. The third-order valence-electron chi connectivity index (χ3n) is 3.74. The van der Waals surface area contributed by atoms with E-state index in [4.69, 9.17) is 0 Å². The van der Waals surface area contributed by atoms with Crippen molar-refractivity contribution in [1.82, 2.24) is 15.3 Å². The van der Waals surface area contributed by atoms with Crippen LogP contribution in [0.25, 0.3) is 0 Å². The van der Waals surface area contributed by atoms with Crippen LogP contribution < -0.4 is 5.32 Å². The van der Waals surface area contributed by atoms with Crippen molar-refractivity contribution in [2.45, 2.75) is 19.0 Å². The molecule has 22 heavy (non-hydrogen) atoms. The molecule has 0 aliphatic rings. The molecule has 1 N–H and O–H groups in total. The first kappa shape index (κ1) is 14.4. The molecule has 1 aromatic carbocycles. The summed E-state index contributed by atoms with van der Waals surface area (Å²) < 4.78 is 0. The van der Waals surface area contributed by atoms with Crippen molar-refractivity contribution in [1.29, 1.82) is 0 Å². The van der Waals surface area contributed by atoms with Crippen molar-refractivity contribution in [3.63, 3.8) is 0 Å². The molecule has 3 rings (SSSR count). The highest BCUT2D eigenvalue weighted by atomic mass is 15.0. The molecule has 2 aromatic heterocycles. The zero-order valence-corrected chi connectivity index (χ0v) is 12.6. The summed E-state index contributed by atoms with van der Waals surface area (Å²) in [4.78, 5) is 8.61. The van der Waals surface area contributed by atoms with E-state index in [0.29, 0.717) is 0 Å². The molecule has 0 aliphatic carbocycles. The van der Waals surface area contributed by atoms with Crippen LogP contribution in [0.3, 0.4) is 0 Å². The van der Waals surface area contributed by atoms with Gasteiger partial charge in [0.05, 0.1) is 11.7 Å². The van der Waals surface area contributed by atoms with Crippen LogP contribution in [0.1, 0.15) is 35.8 Å². The van der Waals surface area contributed by atoms with E-state index < -0.39 is 0 Å². The minimum atomic E-state index is 0.0607. The summed E-state index contributed by atoms with van der Waals surface area (Å²) in [5.41, 5.74) is 3.45. The van der Waals surface area contributed by atoms with Crippen molar-refractivity contribution in [2.24, 2.45) is 0 Å². The largest absolute Gasteiger partial charge is 0.298 e. The summed E-state index contributed by atoms with van der Waals surface area (Å²) in [7, 11) is 0. The van der Waals surface area contributed by atoms with Crippen LogP contribution in [-0.2, 0) is 0 Å². The molecule has 0 radical (unpaired) electrons. The predicted octanol–water partition coefficient (Wildman–Crippen LogP) is 3.92. The first-order valence-electron chi connectivity index (χ1n) is 7.46. The average molecular weight is 289 g/mol. The average Bonchev–Trinajstić information content (AvgIpc) is 2.62. The van der Waals surface area contributed by atoms with E-state index in [1.165, 1.54) is 11.1 Å². The molecular formula is C19H19N3. The van der Waals surface area contributed by atoms with Gasteiger partial charge >= 0.3 is 0 Å². The van der Waals surface area contributed by atoms with E-state index >= 15 is 0 Å². The van der Waals surface area contributed by atoms with Gasteiger partial charge in [-0.05, 0) is 42.3 Å². The van der Waals surface area contributed by atoms with Gasteiger partial charge in [0.25, 0.3) is 0 Å². The smallest absolute Gasteiger partial charge is 0.0756 e. The molecule has 3 heteroatoms. The fourth-order valence-electron chi connectivity index (χ4n) is 2.54. The Kier molecular flexibility index (Phi) is 4.56. The fourth-order valence-corrected chi connectivity index (χ4v) is 2.54. The topological polar surface area (TPSA) is 37.8 Å². The number of rotatable bonds is 5. The Morgan fingerprint density at radius 1 is 0.773 bits per heavy atom. The molecule has 110 valence electrons. The van der Waals surface area contributed by atoms with Crippen LogP contribution in [0, 0.1) is 0 Å². The molecule has 3 nitrogen and oxygen atoms in total. The summed E-state index contributed by atoms with van der Waals surface area (Å²) in [6.45, 7) is 2.16. The third kappa shape index (κ3) is 3.38. The van der Waals surface area contributed by atoms with Crippen LogP contribution in [0.4, 0.5) is 0 Å². The lowest BCUT2D eigenvalue weighted by Crippen LogP contribution is -2.26. The number of aromatic nitrogens is 2. The van der Waals surface area contributed by atoms with Gasteiger partial charge in [-0.25, -0.2) is 0 Å². The van der Waals surface area contributed by atoms with E-state index in [0.717, 1.165) is 5.69 Å². The van der Waals surface area contributed by atoms with Gasteiger partial charge in [-0.1, -0.05) is 36.4 Å². The summed E-state index contributed by atoms with van der Waals surface area (Å²) in [5, 5.41) is 3.68. The van der Waals surface area contributed by atoms with E-state index in [-0.39, 0.29) is 12.1 Å². The van der Waals surface area contributed by atoms with E-state index in [2.05, 4.69) is 52.5 Å². The third-order valence-corrected chi connectivity index (χ3v) is 3.74. The van der Waals surface area contributed by atoms with Crippen molar-refractivity contribution in [3.8, 4) is 0 Å². The Morgan fingerprint density at radius 3 is 2.18 bits per heavy atom. The predicted molar refractivity (Wildman–Crippen MR) is 88.3 cm³/mol. The monoisotopic (exact) mass is 289 g/mol. The highest BCUT2D eigenvalue weighted by molar-refractivity contribution is 5.28. The van der Waals surface area contributed by atoms with E-state index in [1.54, 1.807) is 0 Å². The Hall–Kier alpha value is -2.52. The van der Waals surface area contributed by atoms with Gasteiger partial charge in [0.1, 0.15) is 0 Å². The lowest BCUT2D eigenvalue weighted by molar-refractivity contribution is 0.508. The second-order valence-electron chi connectivity index (χ2n) is 5.27. The number of hydrogen-bond acceptors (Lipinski definition) is 3. The molecule has 0 bridgehead atoms. The molecule has 0 spiro atoms. The van der Waals surface area contributed by atoms with Crippen LogP contribution in [-0.4, -0.2) is 9.97 Å². The molecule has 2 heterocycles. The highest BCUT2D eigenvalue weighted by Crippen LogP contribution is 2.24. The molecular weight excluding hydrogens is 270 g/mol. The van der Waals surface area contributed by atoms with Gasteiger partial charge in [-0.15, -0.1) is 0 Å². The zero-order valence-electron chi connectivity index (χ0n) is 12.6. The van der Waals surface area contributed by atoms with Crippen molar-refractivity contribution < 1.29 is 0 Å². The lowest BCUT2D eigenvalue weighted by Gasteiger charge is -2.23. The lowest BCUT2D eigenvalue weighted by atomic mass is 10.0. The summed E-state index contributed by atoms with van der Waals surface area (Å²) >= 11 is 0. The summed E-state index contributed by atoms with van der Waals surface area (Å²) in [6, 6.07) is 20.8. The number of nitrogens with zero attached hydrogens (tertiary/aromatic N) is 2. The number of nitrogens with one attached hydrogen (secondary N) is 1. The Labute approximate surface area is 131 Å². The summed E-state index contributed by atoms with van der Waals surface area (Å²) in [5.74, 6) is 0. The maximum Gasteiger partial charge on any atom is 0.0756 e. The number of pyridine rings is 2. The van der Waals surface area contributed by atoms with Crippen LogP contribution in [0.2, 0.25) is 0 Å². The van der Waals surface area contributed by atoms with E-state index in [1.807, 2.05) is 48.9 Å². The molecule has 0 saturated carbocycles. The van der Waals surface area contributed by atoms with Crippen LogP contribution in [0.5, 0.6) is 0 Å². The maximum absolute atomic E-state index is 4.53. The Balaban J connectivity index is 1.90. The second-order valence-corrected chi connectivity index (χ2v) is 5.27. The first-order chi connectivity index (χ1) is 10.8. The van der Waals surface area contributed by atoms with Crippen molar-refractivity contribution in [2.75, 3.05) is 0 Å². The SMILES string of the molecule is CC(NC(c1ccccc1)c1ccccn1)c1ccncc1. The minimum absolute atomic E-state index is 0.0607. The van der Waals surface area contributed by atoms with Crippen LogP contribution >= 0.6 is 0 Å². The molecule has 0 amide bonds. The van der Waals surface area contributed by atoms with Gasteiger partial charge in [0, 0.05) is 24.6 Å². The van der Waals surface area contributed by atoms with Gasteiger partial charge < -0.3 is 0 Å². The minimum Gasteiger partial charge on any atom is -0.298 e.